The zero-order valence-corrected chi connectivity index (χ0v) is 13.9. The Morgan fingerprint density at radius 1 is 1.04 bits per heavy atom. The molecule has 0 aliphatic rings. The summed E-state index contributed by atoms with van der Waals surface area (Å²) in [6.07, 6.45) is 1.35. The summed E-state index contributed by atoms with van der Waals surface area (Å²) in [5, 5.41) is 0. The second-order valence-electron chi connectivity index (χ2n) is 5.23. The maximum atomic E-state index is 13.6. The summed E-state index contributed by atoms with van der Waals surface area (Å²) in [6.45, 7) is 0. The van der Waals surface area contributed by atoms with Gasteiger partial charge >= 0.3 is 0 Å². The smallest absolute Gasteiger partial charge is 0.269 e. The number of anilines is 1. The Balaban J connectivity index is 1.58. The molecule has 0 saturated carbocycles. The van der Waals surface area contributed by atoms with Gasteiger partial charge in [0.25, 0.3) is 5.91 Å². The molecule has 1 amide bonds. The fraction of sp³-hybridized carbons (Fsp3) is 0.0526. The number of nitrogens with one attached hydrogen (secondary N) is 2. The van der Waals surface area contributed by atoms with Gasteiger partial charge in [-0.2, -0.15) is 0 Å². The third-order valence-corrected chi connectivity index (χ3v) is 3.42. The van der Waals surface area contributed by atoms with Crippen LogP contribution in [0.3, 0.4) is 0 Å². The van der Waals surface area contributed by atoms with E-state index in [9.17, 15) is 9.18 Å². The Bertz CT molecular complexity index is 886. The average molecular weight is 353 g/mol. The Morgan fingerprint density at radius 3 is 2.38 bits per heavy atom. The van der Waals surface area contributed by atoms with Crippen molar-refractivity contribution in [3.8, 4) is 17.4 Å². The highest BCUT2D eigenvalue weighted by molar-refractivity contribution is 5.94. The van der Waals surface area contributed by atoms with Gasteiger partial charge in [0.2, 0.25) is 5.88 Å². The quantitative estimate of drug-likeness (QED) is 0.660. The minimum absolute atomic E-state index is 0.115. The maximum Gasteiger partial charge on any atom is 0.269 e. The van der Waals surface area contributed by atoms with Crippen LogP contribution in [0.5, 0.6) is 17.4 Å². The third kappa shape index (κ3) is 4.27. The van der Waals surface area contributed by atoms with E-state index in [4.69, 9.17) is 9.47 Å². The summed E-state index contributed by atoms with van der Waals surface area (Å²) in [5.41, 5.74) is 5.78. The Hall–Kier alpha value is -3.61. The van der Waals surface area contributed by atoms with Gasteiger partial charge in [-0.25, -0.2) is 9.37 Å². The highest BCUT2D eigenvalue weighted by Gasteiger charge is 2.08. The predicted molar refractivity (Wildman–Crippen MR) is 94.8 cm³/mol. The highest BCUT2D eigenvalue weighted by atomic mass is 19.1. The molecule has 2 N–H and O–H groups in total. The van der Waals surface area contributed by atoms with E-state index in [2.05, 4.69) is 15.8 Å². The number of amides is 1. The molecular weight excluding hydrogens is 337 g/mol. The molecule has 0 saturated heterocycles. The molecule has 26 heavy (non-hydrogen) atoms. The van der Waals surface area contributed by atoms with Gasteiger partial charge in [0, 0.05) is 11.6 Å². The molecule has 0 aliphatic carbocycles. The number of nitrogens with zero attached hydrogens (tertiary/aromatic N) is 1. The Morgan fingerprint density at radius 2 is 1.73 bits per heavy atom. The van der Waals surface area contributed by atoms with Crippen LogP contribution in [0.1, 0.15) is 10.4 Å². The molecule has 132 valence electrons. The van der Waals surface area contributed by atoms with Crippen LogP contribution in [-0.2, 0) is 0 Å². The largest absolute Gasteiger partial charge is 0.479 e. The fourth-order valence-electron chi connectivity index (χ4n) is 2.14. The molecule has 6 nitrogen and oxygen atoms in total. The normalized spacial score (nSPS) is 10.1. The number of carbonyl (C=O) groups excluding carboxylic acids is 1. The first-order chi connectivity index (χ1) is 12.7. The number of benzene rings is 2. The molecule has 0 atom stereocenters. The van der Waals surface area contributed by atoms with Crippen molar-refractivity contribution in [1.82, 2.24) is 10.4 Å². The van der Waals surface area contributed by atoms with Crippen LogP contribution in [0.25, 0.3) is 0 Å². The molecule has 3 aromatic rings. The van der Waals surface area contributed by atoms with E-state index in [1.54, 1.807) is 24.3 Å². The van der Waals surface area contributed by atoms with Crippen molar-refractivity contribution in [3.63, 3.8) is 0 Å². The van der Waals surface area contributed by atoms with Crippen LogP contribution < -0.4 is 20.3 Å². The van der Waals surface area contributed by atoms with E-state index in [-0.39, 0.29) is 11.8 Å². The van der Waals surface area contributed by atoms with Crippen molar-refractivity contribution < 1.29 is 18.7 Å². The summed E-state index contributed by atoms with van der Waals surface area (Å²) in [6, 6.07) is 17.1. The SMILES string of the molecule is COc1ncc(NNC(=O)c2ccc(Oc3ccccc3)cc2)cc1F. The first-order valence-electron chi connectivity index (χ1n) is 7.74. The third-order valence-electron chi connectivity index (χ3n) is 3.42. The van der Waals surface area contributed by atoms with Crippen molar-refractivity contribution in [2.24, 2.45) is 0 Å². The van der Waals surface area contributed by atoms with E-state index >= 15 is 0 Å². The lowest BCUT2D eigenvalue weighted by molar-refractivity contribution is 0.0962. The van der Waals surface area contributed by atoms with Gasteiger partial charge in [-0.1, -0.05) is 18.2 Å². The van der Waals surface area contributed by atoms with Gasteiger partial charge < -0.3 is 9.47 Å². The monoisotopic (exact) mass is 353 g/mol. The molecule has 7 heteroatoms. The molecule has 3 rings (SSSR count). The minimum atomic E-state index is -0.630. The summed E-state index contributed by atoms with van der Waals surface area (Å²) >= 11 is 0. The zero-order chi connectivity index (χ0) is 18.4. The van der Waals surface area contributed by atoms with E-state index in [1.165, 1.54) is 19.4 Å². The first kappa shape index (κ1) is 17.2. The maximum absolute atomic E-state index is 13.6. The van der Waals surface area contributed by atoms with Gasteiger partial charge in [0.05, 0.1) is 19.0 Å². The molecule has 0 fully saturated rings. The summed E-state index contributed by atoms with van der Waals surface area (Å²) in [4.78, 5) is 15.9. The van der Waals surface area contributed by atoms with Gasteiger partial charge in [0.1, 0.15) is 11.5 Å². The van der Waals surface area contributed by atoms with Crippen molar-refractivity contribution in [1.29, 1.82) is 0 Å². The van der Waals surface area contributed by atoms with E-state index in [0.717, 1.165) is 0 Å². The molecule has 0 spiro atoms. The lowest BCUT2D eigenvalue weighted by Crippen LogP contribution is -2.29. The lowest BCUT2D eigenvalue weighted by Gasteiger charge is -2.10. The molecule has 0 aliphatic heterocycles. The van der Waals surface area contributed by atoms with E-state index in [0.29, 0.717) is 22.7 Å². The number of carbonyl (C=O) groups is 1. The standard InChI is InChI=1S/C19H16FN3O3/c1-25-19-17(20)11-14(12-21-19)22-23-18(24)13-7-9-16(10-8-13)26-15-5-3-2-4-6-15/h2-12,22H,1H3,(H,23,24). The van der Waals surface area contributed by atoms with Crippen LogP contribution in [0.2, 0.25) is 0 Å². The van der Waals surface area contributed by atoms with Gasteiger partial charge in [-0.05, 0) is 36.4 Å². The van der Waals surface area contributed by atoms with Crippen molar-refractivity contribution in [2.75, 3.05) is 12.5 Å². The molecule has 1 aromatic heterocycles. The Labute approximate surface area is 149 Å². The number of hydrazine groups is 1. The molecule has 0 bridgehead atoms. The summed E-state index contributed by atoms with van der Waals surface area (Å²) < 4.78 is 24.0. The number of ether oxygens (including phenoxy) is 2. The van der Waals surface area contributed by atoms with Gasteiger partial charge in [0.15, 0.2) is 5.82 Å². The van der Waals surface area contributed by atoms with Crippen molar-refractivity contribution >= 4 is 11.6 Å². The second kappa shape index (κ2) is 7.98. The number of hydrogen-bond donors (Lipinski definition) is 2. The molecule has 0 unspecified atom stereocenters. The van der Waals surface area contributed by atoms with Crippen LogP contribution in [-0.4, -0.2) is 18.0 Å². The van der Waals surface area contributed by atoms with Gasteiger partial charge in [-0.3, -0.25) is 15.6 Å². The average Bonchev–Trinajstić information content (AvgIpc) is 2.67. The first-order valence-corrected chi connectivity index (χ1v) is 7.74. The number of rotatable bonds is 6. The summed E-state index contributed by atoms with van der Waals surface area (Å²) in [5.74, 6) is 0.195. The zero-order valence-electron chi connectivity index (χ0n) is 13.9. The lowest BCUT2D eigenvalue weighted by atomic mass is 10.2. The van der Waals surface area contributed by atoms with Crippen LogP contribution in [0.4, 0.5) is 10.1 Å². The van der Waals surface area contributed by atoms with E-state index in [1.807, 2.05) is 30.3 Å². The molecule has 0 radical (unpaired) electrons. The predicted octanol–water partition coefficient (Wildman–Crippen LogP) is 3.78. The number of para-hydroxylation sites is 1. The number of aromatic nitrogens is 1. The second-order valence-corrected chi connectivity index (χ2v) is 5.23. The van der Waals surface area contributed by atoms with Gasteiger partial charge in [-0.15, -0.1) is 0 Å². The topological polar surface area (TPSA) is 72.5 Å². The van der Waals surface area contributed by atoms with Crippen LogP contribution in [0, 0.1) is 5.82 Å². The van der Waals surface area contributed by atoms with Crippen molar-refractivity contribution in [2.45, 2.75) is 0 Å². The molecular formula is C19H16FN3O3. The highest BCUT2D eigenvalue weighted by Crippen LogP contribution is 2.21. The van der Waals surface area contributed by atoms with Crippen LogP contribution in [0.15, 0.2) is 66.9 Å². The number of pyridine rings is 1. The summed E-state index contributed by atoms with van der Waals surface area (Å²) in [7, 11) is 1.32. The Kier molecular flexibility index (Phi) is 5.28. The number of hydrogen-bond acceptors (Lipinski definition) is 5. The number of methoxy groups -OCH3 is 1. The molecule has 1 heterocycles. The van der Waals surface area contributed by atoms with E-state index < -0.39 is 5.82 Å². The molecule has 2 aromatic carbocycles. The number of halogens is 1. The van der Waals surface area contributed by atoms with Crippen molar-refractivity contribution in [3.05, 3.63) is 78.2 Å². The van der Waals surface area contributed by atoms with Crippen LogP contribution >= 0.6 is 0 Å². The minimum Gasteiger partial charge on any atom is -0.479 e. The fourth-order valence-corrected chi connectivity index (χ4v) is 2.14.